The van der Waals surface area contributed by atoms with E-state index in [1.165, 1.54) is 11.6 Å². The molecule has 1 amide bonds. The van der Waals surface area contributed by atoms with Crippen LogP contribution in [0.2, 0.25) is 0 Å². The van der Waals surface area contributed by atoms with Gasteiger partial charge < -0.3 is 24.7 Å². The fourth-order valence-electron chi connectivity index (χ4n) is 1.67. The van der Waals surface area contributed by atoms with Crippen LogP contribution in [-0.2, 0) is 23.9 Å². The summed E-state index contributed by atoms with van der Waals surface area (Å²) in [5.74, 6) is 0.761. The zero-order valence-electron chi connectivity index (χ0n) is 34.7. The number of carbonyl (C=O) groups is 3. The molecule has 0 atom stereocenters. The van der Waals surface area contributed by atoms with Crippen LogP contribution in [0.5, 0.6) is 0 Å². The van der Waals surface area contributed by atoms with Crippen molar-refractivity contribution in [2.45, 2.75) is 156 Å². The van der Waals surface area contributed by atoms with Gasteiger partial charge in [0, 0.05) is 12.0 Å². The third-order valence-electron chi connectivity index (χ3n) is 5.98. The topological polar surface area (TPSA) is 102 Å². The molecule has 48 heavy (non-hydrogen) atoms. The van der Waals surface area contributed by atoms with E-state index in [0.717, 1.165) is 12.0 Å². The van der Waals surface area contributed by atoms with E-state index in [9.17, 15) is 14.4 Å². The summed E-state index contributed by atoms with van der Waals surface area (Å²) in [5, 5.41) is 11.4. The van der Waals surface area contributed by atoms with Crippen LogP contribution in [0.3, 0.4) is 0 Å². The number of Topliss-reactive ketones (excluding diaryl/α,β-unsaturated/α-hetero) is 1. The number of esters is 1. The van der Waals surface area contributed by atoms with Crippen LogP contribution in [-0.4, -0.2) is 47.1 Å². The molecule has 0 unspecified atom stereocenters. The van der Waals surface area contributed by atoms with E-state index >= 15 is 0 Å². The molecule has 0 rings (SSSR count). The van der Waals surface area contributed by atoms with E-state index in [1.807, 2.05) is 83.1 Å². The van der Waals surface area contributed by atoms with Gasteiger partial charge in [0.1, 0.15) is 11.5 Å². The van der Waals surface area contributed by atoms with Crippen LogP contribution >= 0.6 is 0 Å². The number of aliphatic hydroxyl groups is 1. The van der Waals surface area contributed by atoms with Gasteiger partial charge in [-0.05, 0) is 112 Å². The van der Waals surface area contributed by atoms with Crippen LogP contribution in [0, 0.1) is 11.3 Å². The summed E-state index contributed by atoms with van der Waals surface area (Å²) in [6.07, 6.45) is 6.44. The molecule has 0 fully saturated rings. The largest absolute Gasteiger partial charge is 0.426 e. The molecule has 0 aliphatic heterocycles. The number of hydrogen-bond donors (Lipinski definition) is 2. The Morgan fingerprint density at radius 3 is 1.58 bits per heavy atom. The standard InChI is InChI=1S/C19H30O3.C8H15NO2.C6H12.C4H8O.2C2H6/c1-9-16(13-11-12-15(3)4)22-17(20)18(5,6)14-21-19(7,8)10-2;1-6(2)7(11)9-8(3,4)5-10;1-5(2)6(3)4;1-3-4(2)5;2*1-2/h9,11,13H,1,10,14H2,2-8H3;10H,1,5H2,2-4H3,(H,9,11);6H,1H2,2-4H3;3H2,1-2H3;2*1-2H3/b16-13+;;;;;. The van der Waals surface area contributed by atoms with E-state index in [-0.39, 0.29) is 29.9 Å². The Balaban J connectivity index is -0.000000140. The normalized spacial score (nSPS) is 10.4. The summed E-state index contributed by atoms with van der Waals surface area (Å²) in [6, 6.07) is 0. The second-order valence-corrected chi connectivity index (χ2v) is 13.1. The molecule has 0 bridgehead atoms. The average Bonchev–Trinajstić information content (AvgIpc) is 3.01. The summed E-state index contributed by atoms with van der Waals surface area (Å²) in [5.41, 5.74) is 4.24. The van der Waals surface area contributed by atoms with Crippen molar-refractivity contribution in [3.63, 3.8) is 0 Å². The first-order chi connectivity index (χ1) is 21.8. The highest BCUT2D eigenvalue weighted by Crippen LogP contribution is 2.24. The molecular weight excluding hydrogens is 602 g/mol. The van der Waals surface area contributed by atoms with E-state index in [1.54, 1.807) is 39.8 Å². The number of ether oxygens (including phenoxy) is 2. The van der Waals surface area contributed by atoms with Crippen molar-refractivity contribution in [1.82, 2.24) is 5.32 Å². The highest BCUT2D eigenvalue weighted by atomic mass is 16.5. The predicted molar refractivity (Wildman–Crippen MR) is 209 cm³/mol. The Bertz CT molecular complexity index is 1020. The second kappa shape index (κ2) is 32.6. The molecule has 7 heteroatoms. The van der Waals surface area contributed by atoms with E-state index < -0.39 is 11.0 Å². The molecule has 282 valence electrons. The number of ketones is 1. The second-order valence-electron chi connectivity index (χ2n) is 13.1. The Morgan fingerprint density at radius 2 is 1.31 bits per heavy atom. The molecule has 0 saturated heterocycles. The number of rotatable bonds is 13. The summed E-state index contributed by atoms with van der Waals surface area (Å²) in [4.78, 5) is 33.1. The molecule has 0 saturated carbocycles. The third-order valence-corrected chi connectivity index (χ3v) is 5.98. The number of allylic oxidation sites excluding steroid dienone is 4. The molecule has 0 aliphatic carbocycles. The maximum absolute atomic E-state index is 12.3. The van der Waals surface area contributed by atoms with Gasteiger partial charge >= 0.3 is 5.97 Å². The molecule has 0 aromatic carbocycles. The van der Waals surface area contributed by atoms with Crippen LogP contribution in [0.4, 0.5) is 0 Å². The third kappa shape index (κ3) is 41.0. The van der Waals surface area contributed by atoms with Gasteiger partial charge in [0.05, 0.1) is 29.8 Å². The van der Waals surface area contributed by atoms with Gasteiger partial charge in [-0.3, -0.25) is 9.59 Å². The van der Waals surface area contributed by atoms with Gasteiger partial charge in [0.2, 0.25) is 5.91 Å². The average molecular weight is 680 g/mol. The Morgan fingerprint density at radius 1 is 0.896 bits per heavy atom. The lowest BCUT2D eigenvalue weighted by atomic mass is 9.94. The summed E-state index contributed by atoms with van der Waals surface area (Å²) < 4.78 is 11.2. The molecule has 0 aromatic rings. The molecule has 0 aromatic heterocycles. The van der Waals surface area contributed by atoms with Crippen molar-refractivity contribution in [1.29, 1.82) is 0 Å². The van der Waals surface area contributed by atoms with E-state index in [0.29, 0.717) is 30.3 Å². The lowest BCUT2D eigenvalue weighted by Crippen LogP contribution is -2.46. The first-order valence-electron chi connectivity index (χ1n) is 17.2. The number of aliphatic hydroxyl groups excluding tert-OH is 1. The zero-order chi connectivity index (χ0) is 39.9. The minimum absolute atomic E-state index is 0.0774. The van der Waals surface area contributed by atoms with Gasteiger partial charge in [-0.15, -0.1) is 5.73 Å². The smallest absolute Gasteiger partial charge is 0.319 e. The predicted octanol–water partition coefficient (Wildman–Crippen LogP) is 10.7. The Labute approximate surface area is 297 Å². The quantitative estimate of drug-likeness (QED) is 0.0502. The Hall–Kier alpha value is -2.99. The van der Waals surface area contributed by atoms with Crippen molar-refractivity contribution >= 4 is 17.7 Å². The molecule has 2 N–H and O–H groups in total. The van der Waals surface area contributed by atoms with Crippen LogP contribution in [0.25, 0.3) is 0 Å². The van der Waals surface area contributed by atoms with Crippen LogP contribution < -0.4 is 5.32 Å². The summed E-state index contributed by atoms with van der Waals surface area (Å²) >= 11 is 0. The molecule has 7 nitrogen and oxygen atoms in total. The van der Waals surface area contributed by atoms with E-state index in [4.69, 9.17) is 14.6 Å². The van der Waals surface area contributed by atoms with E-state index in [2.05, 4.69) is 51.6 Å². The first kappa shape index (κ1) is 57.3. The monoisotopic (exact) mass is 680 g/mol. The van der Waals surface area contributed by atoms with Gasteiger partial charge in [0.15, 0.2) is 0 Å². The van der Waals surface area contributed by atoms with Gasteiger partial charge in [-0.2, -0.15) is 0 Å². The van der Waals surface area contributed by atoms with Crippen LogP contribution in [0.1, 0.15) is 144 Å². The van der Waals surface area contributed by atoms with Crippen molar-refractivity contribution in [2.24, 2.45) is 11.3 Å². The molecular formula is C41H77NO6. The van der Waals surface area contributed by atoms with Gasteiger partial charge in [-0.25, -0.2) is 0 Å². The lowest BCUT2D eigenvalue weighted by Gasteiger charge is -2.29. The number of carbonyl (C=O) groups excluding carboxylic acids is 3. The summed E-state index contributed by atoms with van der Waals surface area (Å²) in [7, 11) is 0. The van der Waals surface area contributed by atoms with Crippen molar-refractivity contribution in [3.8, 4) is 0 Å². The van der Waals surface area contributed by atoms with Crippen molar-refractivity contribution in [3.05, 3.63) is 66.2 Å². The molecule has 0 radical (unpaired) electrons. The fourth-order valence-corrected chi connectivity index (χ4v) is 1.67. The van der Waals surface area contributed by atoms with Crippen LogP contribution in [0.15, 0.2) is 66.2 Å². The number of amides is 1. The molecule has 0 spiro atoms. The Kier molecular flexibility index (Phi) is 38.9. The fraction of sp³-hybridized carbons (Fsp3) is 0.659. The maximum Gasteiger partial charge on any atom is 0.319 e. The van der Waals surface area contributed by atoms with Gasteiger partial charge in [-0.1, -0.05) is 80.7 Å². The molecule has 0 heterocycles. The van der Waals surface area contributed by atoms with Gasteiger partial charge in [0.25, 0.3) is 0 Å². The highest BCUT2D eigenvalue weighted by molar-refractivity contribution is 5.92. The minimum atomic E-state index is -0.727. The minimum Gasteiger partial charge on any atom is -0.426 e. The highest BCUT2D eigenvalue weighted by Gasteiger charge is 2.32. The SMILES string of the molecule is C=C(C)C(=O)NC(C)(C)CO.C=C(C)C(C)C.C=C/C(=C\C=C=C(C)C)OC(=O)C(C)(C)COC(C)(C)CC.CC.CC.CCC(C)=O. The number of hydrogen-bond acceptors (Lipinski definition) is 6. The van der Waals surface area contributed by atoms with Crippen molar-refractivity contribution < 1.29 is 29.0 Å². The maximum atomic E-state index is 12.3. The zero-order valence-corrected chi connectivity index (χ0v) is 34.7. The molecule has 0 aliphatic rings. The summed E-state index contributed by atoms with van der Waals surface area (Å²) in [6.45, 7) is 47.6. The number of nitrogens with one attached hydrogen (secondary N) is 1. The van der Waals surface area contributed by atoms with Crippen molar-refractivity contribution in [2.75, 3.05) is 13.2 Å². The first-order valence-corrected chi connectivity index (χ1v) is 17.2. The lowest BCUT2D eigenvalue weighted by molar-refractivity contribution is -0.156.